The van der Waals surface area contributed by atoms with Gasteiger partial charge in [0.25, 0.3) is 0 Å². The van der Waals surface area contributed by atoms with Crippen molar-refractivity contribution in [3.63, 3.8) is 0 Å². The lowest BCUT2D eigenvalue weighted by atomic mass is 10.1. The minimum atomic E-state index is -0.506. The first-order chi connectivity index (χ1) is 8.61. The zero-order valence-corrected chi connectivity index (χ0v) is 11.8. The number of hydrogen-bond acceptors (Lipinski definition) is 3. The van der Waals surface area contributed by atoms with E-state index in [1.165, 1.54) is 0 Å². The second-order valence-corrected chi connectivity index (χ2v) is 5.03. The Hall–Kier alpha value is -0.770. The summed E-state index contributed by atoms with van der Waals surface area (Å²) in [6, 6.07) is 7.18. The Kier molecular flexibility index (Phi) is 7.09. The molecule has 0 aliphatic rings. The van der Waals surface area contributed by atoms with Crippen LogP contribution in [0, 0.1) is 5.92 Å². The highest BCUT2D eigenvalue weighted by Crippen LogP contribution is 2.17. The molecule has 18 heavy (non-hydrogen) atoms. The van der Waals surface area contributed by atoms with Crippen molar-refractivity contribution in [2.75, 3.05) is 19.7 Å². The quantitative estimate of drug-likeness (QED) is 0.764. The predicted molar refractivity (Wildman–Crippen MR) is 75.3 cm³/mol. The monoisotopic (exact) mass is 271 g/mol. The number of halogens is 1. The third kappa shape index (κ3) is 6.24. The molecule has 0 saturated carbocycles. The van der Waals surface area contributed by atoms with E-state index in [1.807, 2.05) is 12.1 Å². The standard InChI is InChI=1S/C14H22ClNO2/c1-3-11(2)8-16-9-13(17)10-18-14-6-4-5-12(15)7-14/h4-7,11,13,16-17H,3,8-10H2,1-2H3. The van der Waals surface area contributed by atoms with Gasteiger partial charge in [-0.05, 0) is 30.7 Å². The Morgan fingerprint density at radius 3 is 2.83 bits per heavy atom. The highest BCUT2D eigenvalue weighted by Gasteiger charge is 2.06. The molecular formula is C14H22ClNO2. The van der Waals surface area contributed by atoms with Crippen LogP contribution in [0.1, 0.15) is 20.3 Å². The molecule has 4 heteroatoms. The van der Waals surface area contributed by atoms with E-state index in [1.54, 1.807) is 12.1 Å². The first kappa shape index (κ1) is 15.3. The highest BCUT2D eigenvalue weighted by atomic mass is 35.5. The maximum atomic E-state index is 9.74. The van der Waals surface area contributed by atoms with Crippen molar-refractivity contribution < 1.29 is 9.84 Å². The Bertz CT molecular complexity index is 346. The van der Waals surface area contributed by atoms with Crippen molar-refractivity contribution in [3.8, 4) is 5.75 Å². The summed E-state index contributed by atoms with van der Waals surface area (Å²) in [5.41, 5.74) is 0. The van der Waals surface area contributed by atoms with E-state index in [2.05, 4.69) is 19.2 Å². The Morgan fingerprint density at radius 1 is 1.39 bits per heavy atom. The number of aliphatic hydroxyl groups excluding tert-OH is 1. The maximum absolute atomic E-state index is 9.74. The normalized spacial score (nSPS) is 14.2. The Balaban J connectivity index is 2.19. The molecule has 102 valence electrons. The summed E-state index contributed by atoms with van der Waals surface area (Å²) in [5.74, 6) is 1.31. The molecule has 2 unspecified atom stereocenters. The van der Waals surface area contributed by atoms with E-state index in [0.29, 0.717) is 23.2 Å². The summed E-state index contributed by atoms with van der Waals surface area (Å²) in [4.78, 5) is 0. The lowest BCUT2D eigenvalue weighted by Crippen LogP contribution is -2.33. The summed E-state index contributed by atoms with van der Waals surface area (Å²) < 4.78 is 5.46. The van der Waals surface area contributed by atoms with Crippen LogP contribution in [0.3, 0.4) is 0 Å². The van der Waals surface area contributed by atoms with Crippen LogP contribution < -0.4 is 10.1 Å². The molecule has 0 aliphatic heterocycles. The average Bonchev–Trinajstić information content (AvgIpc) is 2.36. The van der Waals surface area contributed by atoms with Crippen LogP contribution >= 0.6 is 11.6 Å². The molecule has 0 heterocycles. The Labute approximate surface area is 114 Å². The van der Waals surface area contributed by atoms with E-state index in [-0.39, 0.29) is 6.61 Å². The van der Waals surface area contributed by atoms with Crippen molar-refractivity contribution in [1.82, 2.24) is 5.32 Å². The van der Waals surface area contributed by atoms with E-state index in [0.717, 1.165) is 13.0 Å². The topological polar surface area (TPSA) is 41.5 Å². The van der Waals surface area contributed by atoms with Crippen LogP contribution in [0.4, 0.5) is 0 Å². The number of hydrogen-bond donors (Lipinski definition) is 2. The minimum absolute atomic E-state index is 0.272. The molecule has 0 aromatic heterocycles. The summed E-state index contributed by atoms with van der Waals surface area (Å²) in [6.45, 7) is 6.08. The van der Waals surface area contributed by atoms with Crippen LogP contribution in [-0.4, -0.2) is 30.9 Å². The zero-order chi connectivity index (χ0) is 13.4. The van der Waals surface area contributed by atoms with Crippen LogP contribution in [0.2, 0.25) is 5.02 Å². The van der Waals surface area contributed by atoms with Gasteiger partial charge in [-0.15, -0.1) is 0 Å². The first-order valence-electron chi connectivity index (χ1n) is 6.39. The molecule has 2 atom stereocenters. The summed E-state index contributed by atoms with van der Waals surface area (Å²) >= 11 is 5.84. The van der Waals surface area contributed by atoms with Gasteiger partial charge < -0.3 is 15.2 Å². The number of rotatable bonds is 8. The van der Waals surface area contributed by atoms with Crippen molar-refractivity contribution in [2.24, 2.45) is 5.92 Å². The molecule has 1 aromatic carbocycles. The SMILES string of the molecule is CCC(C)CNCC(O)COc1cccc(Cl)c1. The van der Waals surface area contributed by atoms with Gasteiger partial charge in [0, 0.05) is 11.6 Å². The fourth-order valence-corrected chi connectivity index (χ4v) is 1.63. The summed E-state index contributed by atoms with van der Waals surface area (Å²) in [5, 5.41) is 13.6. The summed E-state index contributed by atoms with van der Waals surface area (Å²) in [7, 11) is 0. The Morgan fingerprint density at radius 2 is 2.17 bits per heavy atom. The molecule has 2 N–H and O–H groups in total. The zero-order valence-electron chi connectivity index (χ0n) is 11.0. The van der Waals surface area contributed by atoms with Gasteiger partial charge in [0.1, 0.15) is 18.5 Å². The molecule has 0 amide bonds. The van der Waals surface area contributed by atoms with Gasteiger partial charge in [-0.1, -0.05) is 37.9 Å². The average molecular weight is 272 g/mol. The number of aliphatic hydroxyl groups is 1. The van der Waals surface area contributed by atoms with E-state index < -0.39 is 6.10 Å². The number of ether oxygens (including phenoxy) is 1. The van der Waals surface area contributed by atoms with Crippen molar-refractivity contribution in [1.29, 1.82) is 0 Å². The van der Waals surface area contributed by atoms with Gasteiger partial charge in [-0.2, -0.15) is 0 Å². The van der Waals surface area contributed by atoms with E-state index >= 15 is 0 Å². The molecular weight excluding hydrogens is 250 g/mol. The third-order valence-corrected chi connectivity index (χ3v) is 3.04. The van der Waals surface area contributed by atoms with Crippen molar-refractivity contribution in [2.45, 2.75) is 26.4 Å². The highest BCUT2D eigenvalue weighted by molar-refractivity contribution is 6.30. The lowest BCUT2D eigenvalue weighted by Gasteiger charge is -2.15. The molecule has 1 aromatic rings. The first-order valence-corrected chi connectivity index (χ1v) is 6.76. The van der Waals surface area contributed by atoms with Crippen molar-refractivity contribution >= 4 is 11.6 Å². The molecule has 0 spiro atoms. The van der Waals surface area contributed by atoms with Gasteiger partial charge in [-0.3, -0.25) is 0 Å². The van der Waals surface area contributed by atoms with Crippen molar-refractivity contribution in [3.05, 3.63) is 29.3 Å². The second kappa shape index (κ2) is 8.35. The predicted octanol–water partition coefficient (Wildman–Crippen LogP) is 2.72. The van der Waals surface area contributed by atoms with E-state index in [9.17, 15) is 5.11 Å². The minimum Gasteiger partial charge on any atom is -0.491 e. The lowest BCUT2D eigenvalue weighted by molar-refractivity contribution is 0.105. The van der Waals surface area contributed by atoms with Gasteiger partial charge in [0.15, 0.2) is 0 Å². The van der Waals surface area contributed by atoms with Crippen LogP contribution in [0.5, 0.6) is 5.75 Å². The smallest absolute Gasteiger partial charge is 0.120 e. The van der Waals surface area contributed by atoms with Gasteiger partial charge >= 0.3 is 0 Å². The van der Waals surface area contributed by atoms with Crippen LogP contribution in [0.25, 0.3) is 0 Å². The van der Waals surface area contributed by atoms with E-state index in [4.69, 9.17) is 16.3 Å². The molecule has 0 fully saturated rings. The van der Waals surface area contributed by atoms with Gasteiger partial charge in [0.2, 0.25) is 0 Å². The fraction of sp³-hybridized carbons (Fsp3) is 0.571. The van der Waals surface area contributed by atoms with Crippen LogP contribution in [0.15, 0.2) is 24.3 Å². The van der Waals surface area contributed by atoms with Crippen LogP contribution in [-0.2, 0) is 0 Å². The van der Waals surface area contributed by atoms with Gasteiger partial charge in [0.05, 0.1) is 0 Å². The molecule has 3 nitrogen and oxygen atoms in total. The fourth-order valence-electron chi connectivity index (χ4n) is 1.45. The molecule has 0 saturated heterocycles. The number of benzene rings is 1. The molecule has 0 aliphatic carbocycles. The summed E-state index contributed by atoms with van der Waals surface area (Å²) in [6.07, 6.45) is 0.635. The largest absolute Gasteiger partial charge is 0.491 e. The maximum Gasteiger partial charge on any atom is 0.120 e. The molecule has 0 bridgehead atoms. The molecule has 0 radical (unpaired) electrons. The second-order valence-electron chi connectivity index (χ2n) is 4.59. The number of nitrogens with one attached hydrogen (secondary N) is 1. The van der Waals surface area contributed by atoms with Gasteiger partial charge in [-0.25, -0.2) is 0 Å². The third-order valence-electron chi connectivity index (χ3n) is 2.81. The molecule has 1 rings (SSSR count).